The highest BCUT2D eigenvalue weighted by Crippen LogP contribution is 2.07. The molecule has 0 aromatic heterocycles. The molecule has 1 aliphatic rings. The molecule has 0 bridgehead atoms. The second kappa shape index (κ2) is 7.12. The van der Waals surface area contributed by atoms with Crippen molar-refractivity contribution in [3.8, 4) is 0 Å². The van der Waals surface area contributed by atoms with Crippen LogP contribution in [0.25, 0.3) is 0 Å². The fourth-order valence-electron chi connectivity index (χ4n) is 1.61. The summed E-state index contributed by atoms with van der Waals surface area (Å²) in [6.07, 6.45) is 5.41. The number of rotatable bonds is 6. The third-order valence-electron chi connectivity index (χ3n) is 2.51. The Morgan fingerprint density at radius 3 is 3.07 bits per heavy atom. The Labute approximate surface area is 90.4 Å². The smallest absolute Gasteiger partial charge is 0.224 e. The first kappa shape index (κ1) is 11.9. The molecule has 4 heteroatoms. The molecule has 3 nitrogen and oxygen atoms in total. The van der Waals surface area contributed by atoms with E-state index in [-0.39, 0.29) is 11.8 Å². The summed E-state index contributed by atoms with van der Waals surface area (Å²) in [5.41, 5.74) is 0. The van der Waals surface area contributed by atoms with Gasteiger partial charge in [0.2, 0.25) is 5.91 Å². The van der Waals surface area contributed by atoms with E-state index in [2.05, 4.69) is 16.9 Å². The van der Waals surface area contributed by atoms with Crippen LogP contribution in [-0.2, 0) is 4.79 Å². The number of hydrogen-bond donors (Lipinski definition) is 2. The van der Waals surface area contributed by atoms with E-state index in [1.165, 1.54) is 12.2 Å². The SMILES string of the molecule is CSCCCCNC(=O)[C@@H]1CCNC1. The zero-order chi connectivity index (χ0) is 10.2. The van der Waals surface area contributed by atoms with Gasteiger partial charge >= 0.3 is 0 Å². The van der Waals surface area contributed by atoms with Gasteiger partial charge in [-0.05, 0) is 37.8 Å². The van der Waals surface area contributed by atoms with Crippen LogP contribution in [0.3, 0.4) is 0 Å². The van der Waals surface area contributed by atoms with Crippen molar-refractivity contribution in [1.82, 2.24) is 10.6 Å². The zero-order valence-electron chi connectivity index (χ0n) is 8.84. The summed E-state index contributed by atoms with van der Waals surface area (Å²) in [4.78, 5) is 11.5. The number of hydrogen-bond acceptors (Lipinski definition) is 3. The molecule has 2 N–H and O–H groups in total. The first-order valence-electron chi connectivity index (χ1n) is 5.32. The highest BCUT2D eigenvalue weighted by Gasteiger charge is 2.21. The summed E-state index contributed by atoms with van der Waals surface area (Å²) >= 11 is 1.86. The number of carbonyl (C=O) groups is 1. The predicted molar refractivity (Wildman–Crippen MR) is 61.6 cm³/mol. The first-order chi connectivity index (χ1) is 6.84. The van der Waals surface area contributed by atoms with Crippen LogP contribution >= 0.6 is 11.8 Å². The van der Waals surface area contributed by atoms with Crippen LogP contribution < -0.4 is 10.6 Å². The number of carbonyl (C=O) groups excluding carboxylic acids is 1. The molecule has 0 aromatic carbocycles. The second-order valence-electron chi connectivity index (χ2n) is 3.68. The number of unbranched alkanes of at least 4 members (excludes halogenated alkanes) is 1. The van der Waals surface area contributed by atoms with E-state index in [4.69, 9.17) is 0 Å². The molecule has 82 valence electrons. The second-order valence-corrected chi connectivity index (χ2v) is 4.67. The molecule has 14 heavy (non-hydrogen) atoms. The Kier molecular flexibility index (Phi) is 6.03. The lowest BCUT2D eigenvalue weighted by molar-refractivity contribution is -0.124. The van der Waals surface area contributed by atoms with Gasteiger partial charge in [-0.15, -0.1) is 0 Å². The molecule has 1 rings (SSSR count). The highest BCUT2D eigenvalue weighted by molar-refractivity contribution is 7.98. The number of amides is 1. The van der Waals surface area contributed by atoms with Crippen LogP contribution in [0.5, 0.6) is 0 Å². The molecule has 0 radical (unpaired) electrons. The molecule has 0 saturated carbocycles. The number of thioether (sulfide) groups is 1. The van der Waals surface area contributed by atoms with Crippen LogP contribution in [0.4, 0.5) is 0 Å². The van der Waals surface area contributed by atoms with Gasteiger partial charge in [0, 0.05) is 13.1 Å². The molecule has 1 aliphatic heterocycles. The van der Waals surface area contributed by atoms with E-state index < -0.39 is 0 Å². The minimum absolute atomic E-state index is 0.218. The van der Waals surface area contributed by atoms with Crippen LogP contribution in [0.2, 0.25) is 0 Å². The van der Waals surface area contributed by atoms with Gasteiger partial charge in [-0.25, -0.2) is 0 Å². The average Bonchev–Trinajstić information content (AvgIpc) is 2.70. The Morgan fingerprint density at radius 1 is 1.57 bits per heavy atom. The van der Waals surface area contributed by atoms with Crippen molar-refractivity contribution in [3.05, 3.63) is 0 Å². The Bertz CT molecular complexity index is 170. The lowest BCUT2D eigenvalue weighted by Gasteiger charge is -2.09. The fraction of sp³-hybridized carbons (Fsp3) is 0.900. The molecule has 0 spiro atoms. The lowest BCUT2D eigenvalue weighted by Crippen LogP contribution is -2.32. The van der Waals surface area contributed by atoms with Crippen LogP contribution in [0.1, 0.15) is 19.3 Å². The zero-order valence-corrected chi connectivity index (χ0v) is 9.66. The molecule has 1 saturated heterocycles. The van der Waals surface area contributed by atoms with Crippen LogP contribution in [0, 0.1) is 5.92 Å². The molecular formula is C10H20N2OS. The van der Waals surface area contributed by atoms with E-state index in [9.17, 15) is 4.79 Å². The van der Waals surface area contributed by atoms with E-state index in [1.807, 2.05) is 11.8 Å². The molecule has 0 aromatic rings. The van der Waals surface area contributed by atoms with Crippen LogP contribution in [-0.4, -0.2) is 37.6 Å². The summed E-state index contributed by atoms with van der Waals surface area (Å²) in [6.45, 7) is 2.69. The average molecular weight is 216 g/mol. The van der Waals surface area contributed by atoms with Crippen molar-refractivity contribution < 1.29 is 4.79 Å². The van der Waals surface area contributed by atoms with Gasteiger partial charge in [0.1, 0.15) is 0 Å². The van der Waals surface area contributed by atoms with Gasteiger partial charge in [-0.3, -0.25) is 4.79 Å². The van der Waals surface area contributed by atoms with Gasteiger partial charge in [-0.1, -0.05) is 0 Å². The van der Waals surface area contributed by atoms with E-state index >= 15 is 0 Å². The maximum absolute atomic E-state index is 11.5. The first-order valence-corrected chi connectivity index (χ1v) is 6.71. The Morgan fingerprint density at radius 2 is 2.43 bits per heavy atom. The summed E-state index contributed by atoms with van der Waals surface area (Å²) in [5, 5.41) is 6.20. The molecule has 1 atom stereocenters. The third kappa shape index (κ3) is 4.33. The monoisotopic (exact) mass is 216 g/mol. The highest BCUT2D eigenvalue weighted by atomic mass is 32.2. The Hall–Kier alpha value is -0.220. The van der Waals surface area contributed by atoms with Crippen molar-refractivity contribution in [2.75, 3.05) is 31.6 Å². The van der Waals surface area contributed by atoms with Crippen molar-refractivity contribution in [2.45, 2.75) is 19.3 Å². The Balaban J connectivity index is 1.97. The normalized spacial score (nSPS) is 21.1. The van der Waals surface area contributed by atoms with Gasteiger partial charge in [0.05, 0.1) is 5.92 Å². The quantitative estimate of drug-likeness (QED) is 0.647. The van der Waals surface area contributed by atoms with Gasteiger partial charge in [0.25, 0.3) is 0 Å². The molecule has 1 amide bonds. The van der Waals surface area contributed by atoms with Crippen LogP contribution in [0.15, 0.2) is 0 Å². The van der Waals surface area contributed by atoms with Crippen molar-refractivity contribution in [2.24, 2.45) is 5.92 Å². The van der Waals surface area contributed by atoms with Gasteiger partial charge in [0.15, 0.2) is 0 Å². The summed E-state index contributed by atoms with van der Waals surface area (Å²) in [6, 6.07) is 0. The molecule has 0 unspecified atom stereocenters. The van der Waals surface area contributed by atoms with Crippen molar-refractivity contribution >= 4 is 17.7 Å². The summed E-state index contributed by atoms with van der Waals surface area (Å²) in [5.74, 6) is 1.65. The minimum Gasteiger partial charge on any atom is -0.356 e. The largest absolute Gasteiger partial charge is 0.356 e. The fourth-order valence-corrected chi connectivity index (χ4v) is 2.10. The standard InChI is InChI=1S/C10H20N2OS/c1-14-7-3-2-5-12-10(13)9-4-6-11-8-9/h9,11H,2-8H2,1H3,(H,12,13)/t9-/m1/s1. The van der Waals surface area contributed by atoms with Gasteiger partial charge in [-0.2, -0.15) is 11.8 Å². The third-order valence-corrected chi connectivity index (χ3v) is 3.20. The van der Waals surface area contributed by atoms with E-state index in [0.717, 1.165) is 32.5 Å². The maximum atomic E-state index is 11.5. The van der Waals surface area contributed by atoms with Crippen molar-refractivity contribution in [3.63, 3.8) is 0 Å². The molecule has 1 heterocycles. The van der Waals surface area contributed by atoms with E-state index in [1.54, 1.807) is 0 Å². The molecular weight excluding hydrogens is 196 g/mol. The minimum atomic E-state index is 0.218. The topological polar surface area (TPSA) is 41.1 Å². The predicted octanol–water partition coefficient (Wildman–Crippen LogP) is 0.855. The maximum Gasteiger partial charge on any atom is 0.224 e. The van der Waals surface area contributed by atoms with Gasteiger partial charge < -0.3 is 10.6 Å². The number of nitrogens with one attached hydrogen (secondary N) is 2. The van der Waals surface area contributed by atoms with Crippen molar-refractivity contribution in [1.29, 1.82) is 0 Å². The molecule has 0 aliphatic carbocycles. The summed E-state index contributed by atoms with van der Waals surface area (Å²) in [7, 11) is 0. The molecule has 1 fully saturated rings. The van der Waals surface area contributed by atoms with E-state index in [0.29, 0.717) is 0 Å². The lowest BCUT2D eigenvalue weighted by atomic mass is 10.1. The summed E-state index contributed by atoms with van der Waals surface area (Å²) < 4.78 is 0.